The summed E-state index contributed by atoms with van der Waals surface area (Å²) in [5.41, 5.74) is 9.38. The fraction of sp³-hybridized carbons (Fsp3) is 0.188. The first-order valence-corrected chi connectivity index (χ1v) is 7.84. The Hall–Kier alpha value is -1.36. The van der Waals surface area contributed by atoms with Crippen LogP contribution in [0.3, 0.4) is 0 Å². The molecule has 1 aromatic heterocycles. The van der Waals surface area contributed by atoms with Crippen LogP contribution < -0.4 is 5.73 Å². The highest BCUT2D eigenvalue weighted by Crippen LogP contribution is 2.29. The lowest BCUT2D eigenvalue weighted by Crippen LogP contribution is -2.14. The first-order valence-electron chi connectivity index (χ1n) is 6.67. The highest BCUT2D eigenvalue weighted by atomic mass is 79.9. The van der Waals surface area contributed by atoms with Crippen LogP contribution in [0, 0.1) is 0 Å². The van der Waals surface area contributed by atoms with Crippen LogP contribution in [0.4, 0.5) is 0 Å². The van der Waals surface area contributed by atoms with Gasteiger partial charge in [-0.05, 0) is 29.8 Å². The molecule has 0 radical (unpaired) electrons. The molecule has 0 spiro atoms. The van der Waals surface area contributed by atoms with Crippen LogP contribution in [0.1, 0.15) is 17.3 Å². The molecular formula is C16H15BrClN3. The number of aromatic nitrogens is 2. The van der Waals surface area contributed by atoms with Crippen molar-refractivity contribution in [1.82, 2.24) is 9.78 Å². The normalized spacial score (nSPS) is 12.8. The van der Waals surface area contributed by atoms with Gasteiger partial charge < -0.3 is 5.73 Å². The van der Waals surface area contributed by atoms with Gasteiger partial charge in [0.25, 0.3) is 0 Å². The maximum atomic E-state index is 6.34. The van der Waals surface area contributed by atoms with Crippen molar-refractivity contribution < 1.29 is 0 Å². The Balaban J connectivity index is 1.96. The number of hydrogen-bond acceptors (Lipinski definition) is 2. The lowest BCUT2D eigenvalue weighted by Gasteiger charge is -2.13. The van der Waals surface area contributed by atoms with Crippen molar-refractivity contribution in [3.05, 3.63) is 63.2 Å². The summed E-state index contributed by atoms with van der Waals surface area (Å²) in [5.74, 6) is 0. The van der Waals surface area contributed by atoms with Crippen molar-refractivity contribution in [2.45, 2.75) is 12.5 Å². The summed E-state index contributed by atoms with van der Waals surface area (Å²) in [6.07, 6.45) is 0.650. The van der Waals surface area contributed by atoms with E-state index in [1.54, 1.807) is 0 Å². The fourth-order valence-corrected chi connectivity index (χ4v) is 3.19. The van der Waals surface area contributed by atoms with E-state index >= 15 is 0 Å². The molecule has 3 aromatic rings. The summed E-state index contributed by atoms with van der Waals surface area (Å²) in [6.45, 7) is 0. The molecule has 1 unspecified atom stereocenters. The SMILES string of the molecule is Cn1nc(CC(N)c2cc(Br)ccc2Cl)c2ccccc21. The summed E-state index contributed by atoms with van der Waals surface area (Å²) < 4.78 is 2.86. The summed E-state index contributed by atoms with van der Waals surface area (Å²) in [4.78, 5) is 0. The van der Waals surface area contributed by atoms with Crippen LogP contribution in [0.5, 0.6) is 0 Å². The van der Waals surface area contributed by atoms with Gasteiger partial charge in [-0.15, -0.1) is 0 Å². The molecule has 3 rings (SSSR count). The Kier molecular flexibility index (Phi) is 4.02. The minimum atomic E-state index is -0.187. The van der Waals surface area contributed by atoms with Gasteiger partial charge in [-0.2, -0.15) is 5.10 Å². The number of nitrogens with zero attached hydrogens (tertiary/aromatic N) is 2. The Labute approximate surface area is 136 Å². The summed E-state index contributed by atoms with van der Waals surface area (Å²) >= 11 is 9.71. The predicted octanol–water partition coefficient (Wildman–Crippen LogP) is 4.23. The van der Waals surface area contributed by atoms with E-state index in [0.717, 1.165) is 26.6 Å². The smallest absolute Gasteiger partial charge is 0.0722 e. The zero-order valence-corrected chi connectivity index (χ0v) is 13.9. The molecule has 0 aliphatic rings. The van der Waals surface area contributed by atoms with Crippen molar-refractivity contribution in [2.24, 2.45) is 12.8 Å². The van der Waals surface area contributed by atoms with Crippen LogP contribution in [0.2, 0.25) is 5.02 Å². The first-order chi connectivity index (χ1) is 10.1. The summed E-state index contributed by atoms with van der Waals surface area (Å²) in [5, 5.41) is 6.42. The number of nitrogens with two attached hydrogens (primary N) is 1. The van der Waals surface area contributed by atoms with Crippen molar-refractivity contribution >= 4 is 38.4 Å². The predicted molar refractivity (Wildman–Crippen MR) is 90.5 cm³/mol. The number of fused-ring (bicyclic) bond motifs is 1. The molecule has 0 bridgehead atoms. The lowest BCUT2D eigenvalue weighted by atomic mass is 10.0. The van der Waals surface area contributed by atoms with E-state index in [0.29, 0.717) is 11.4 Å². The molecule has 1 atom stereocenters. The Morgan fingerprint density at radius 3 is 2.86 bits per heavy atom. The second-order valence-corrected chi connectivity index (χ2v) is 6.39. The molecule has 5 heteroatoms. The van der Waals surface area contributed by atoms with Crippen LogP contribution in [0.25, 0.3) is 10.9 Å². The molecule has 0 amide bonds. The maximum absolute atomic E-state index is 6.34. The van der Waals surface area contributed by atoms with E-state index in [1.807, 2.05) is 42.1 Å². The number of para-hydroxylation sites is 1. The van der Waals surface area contributed by atoms with Gasteiger partial charge in [-0.1, -0.05) is 45.7 Å². The highest BCUT2D eigenvalue weighted by Gasteiger charge is 2.16. The van der Waals surface area contributed by atoms with Gasteiger partial charge >= 0.3 is 0 Å². The summed E-state index contributed by atoms with van der Waals surface area (Å²) in [6, 6.07) is 13.7. The number of hydrogen-bond donors (Lipinski definition) is 1. The molecule has 0 fully saturated rings. The molecule has 108 valence electrons. The quantitative estimate of drug-likeness (QED) is 0.755. The highest BCUT2D eigenvalue weighted by molar-refractivity contribution is 9.10. The molecule has 0 saturated heterocycles. The Morgan fingerprint density at radius 2 is 2.05 bits per heavy atom. The van der Waals surface area contributed by atoms with Crippen LogP contribution in [-0.4, -0.2) is 9.78 Å². The number of rotatable bonds is 3. The lowest BCUT2D eigenvalue weighted by molar-refractivity contribution is 0.682. The van der Waals surface area contributed by atoms with Crippen molar-refractivity contribution in [3.63, 3.8) is 0 Å². The Morgan fingerprint density at radius 1 is 1.29 bits per heavy atom. The van der Waals surface area contributed by atoms with Crippen LogP contribution in [0.15, 0.2) is 46.9 Å². The third-order valence-corrected chi connectivity index (χ3v) is 4.44. The van der Waals surface area contributed by atoms with E-state index in [-0.39, 0.29) is 6.04 Å². The fourth-order valence-electron chi connectivity index (χ4n) is 2.56. The van der Waals surface area contributed by atoms with Gasteiger partial charge in [0.15, 0.2) is 0 Å². The minimum absolute atomic E-state index is 0.187. The molecule has 0 aliphatic carbocycles. The van der Waals surface area contributed by atoms with Crippen molar-refractivity contribution in [1.29, 1.82) is 0 Å². The van der Waals surface area contributed by atoms with Gasteiger partial charge in [-0.25, -0.2) is 0 Å². The maximum Gasteiger partial charge on any atom is 0.0722 e. The van der Waals surface area contributed by atoms with E-state index in [1.165, 1.54) is 0 Å². The minimum Gasteiger partial charge on any atom is -0.324 e. The summed E-state index contributed by atoms with van der Waals surface area (Å²) in [7, 11) is 1.95. The molecule has 2 N–H and O–H groups in total. The second kappa shape index (κ2) is 5.79. The molecule has 1 heterocycles. The average Bonchev–Trinajstić information content (AvgIpc) is 2.78. The molecule has 21 heavy (non-hydrogen) atoms. The second-order valence-electron chi connectivity index (χ2n) is 5.06. The molecular weight excluding hydrogens is 350 g/mol. The monoisotopic (exact) mass is 363 g/mol. The van der Waals surface area contributed by atoms with Gasteiger partial charge in [0.05, 0.1) is 11.2 Å². The van der Waals surface area contributed by atoms with E-state index in [2.05, 4.69) is 33.2 Å². The number of benzene rings is 2. The Bertz CT molecular complexity index is 797. The largest absolute Gasteiger partial charge is 0.324 e. The number of halogens is 2. The molecule has 0 aliphatic heterocycles. The number of aryl methyl sites for hydroxylation is 1. The van der Waals surface area contributed by atoms with Crippen LogP contribution in [-0.2, 0) is 13.5 Å². The molecule has 0 saturated carbocycles. The zero-order chi connectivity index (χ0) is 15.0. The van der Waals surface area contributed by atoms with Crippen LogP contribution >= 0.6 is 27.5 Å². The third kappa shape index (κ3) is 2.84. The van der Waals surface area contributed by atoms with E-state index in [4.69, 9.17) is 17.3 Å². The van der Waals surface area contributed by atoms with Gasteiger partial charge in [0.2, 0.25) is 0 Å². The van der Waals surface area contributed by atoms with Gasteiger partial charge in [-0.3, -0.25) is 4.68 Å². The molecule has 3 nitrogen and oxygen atoms in total. The standard InChI is InChI=1S/C16H15BrClN3/c1-21-16-5-3-2-4-11(16)15(20-21)9-14(19)12-8-10(17)6-7-13(12)18/h2-8,14H,9,19H2,1H3. The van der Waals surface area contributed by atoms with E-state index in [9.17, 15) is 0 Å². The van der Waals surface area contributed by atoms with Gasteiger partial charge in [0.1, 0.15) is 0 Å². The van der Waals surface area contributed by atoms with Gasteiger partial charge in [0, 0.05) is 34.4 Å². The molecule has 2 aromatic carbocycles. The van der Waals surface area contributed by atoms with Crippen molar-refractivity contribution in [3.8, 4) is 0 Å². The van der Waals surface area contributed by atoms with E-state index < -0.39 is 0 Å². The average molecular weight is 365 g/mol. The topological polar surface area (TPSA) is 43.8 Å². The third-order valence-electron chi connectivity index (χ3n) is 3.61. The zero-order valence-electron chi connectivity index (χ0n) is 11.6. The van der Waals surface area contributed by atoms with Crippen molar-refractivity contribution in [2.75, 3.05) is 0 Å². The first kappa shape index (κ1) is 14.6.